The highest BCUT2D eigenvalue weighted by atomic mass is 16.4. The minimum Gasteiger partial charge on any atom is -0.480 e. The number of hydrogen-bond donors (Lipinski definition) is 2. The summed E-state index contributed by atoms with van der Waals surface area (Å²) < 4.78 is 0. The number of aliphatic carboxylic acids is 1. The van der Waals surface area contributed by atoms with Crippen molar-refractivity contribution < 1.29 is 14.7 Å². The van der Waals surface area contributed by atoms with E-state index in [1.807, 2.05) is 19.1 Å². The highest BCUT2D eigenvalue weighted by Crippen LogP contribution is 2.22. The smallest absolute Gasteiger partial charge is 0.326 e. The lowest BCUT2D eigenvalue weighted by Crippen LogP contribution is -2.40. The Morgan fingerprint density at radius 3 is 2.60 bits per heavy atom. The zero-order valence-electron chi connectivity index (χ0n) is 11.8. The second-order valence-corrected chi connectivity index (χ2v) is 5.34. The molecule has 0 radical (unpaired) electrons. The van der Waals surface area contributed by atoms with E-state index in [0.29, 0.717) is 12.0 Å². The predicted octanol–water partition coefficient (Wildman–Crippen LogP) is 2.55. The van der Waals surface area contributed by atoms with Crippen LogP contribution < -0.4 is 5.32 Å². The van der Waals surface area contributed by atoms with Crippen molar-refractivity contribution in [3.63, 3.8) is 0 Å². The molecule has 0 aromatic heterocycles. The van der Waals surface area contributed by atoms with E-state index in [2.05, 4.69) is 5.32 Å². The standard InChI is InChI=1S/C16H21NO3/c1-2-5-14(16(19)20)17-15(18)13-9-8-11-6-3-4-7-12(11)10-13/h8-10,14H,2-7H2,1H3,(H,17,18)(H,19,20). The molecular formula is C16H21NO3. The van der Waals surface area contributed by atoms with Crippen molar-refractivity contribution in [2.75, 3.05) is 0 Å². The van der Waals surface area contributed by atoms with E-state index in [1.165, 1.54) is 17.5 Å². The Hall–Kier alpha value is -1.84. The van der Waals surface area contributed by atoms with Crippen LogP contribution in [0.5, 0.6) is 0 Å². The first-order valence-corrected chi connectivity index (χ1v) is 7.27. The van der Waals surface area contributed by atoms with Gasteiger partial charge in [-0.25, -0.2) is 4.79 Å². The van der Waals surface area contributed by atoms with Gasteiger partial charge in [-0.05, 0) is 55.4 Å². The molecular weight excluding hydrogens is 254 g/mol. The number of benzene rings is 1. The summed E-state index contributed by atoms with van der Waals surface area (Å²) in [6.45, 7) is 1.90. The van der Waals surface area contributed by atoms with E-state index in [0.717, 1.165) is 25.7 Å². The average molecular weight is 275 g/mol. The molecule has 2 rings (SSSR count). The second-order valence-electron chi connectivity index (χ2n) is 5.34. The lowest BCUT2D eigenvalue weighted by molar-refractivity contribution is -0.139. The first kappa shape index (κ1) is 14.6. The van der Waals surface area contributed by atoms with Crippen LogP contribution in [0, 0.1) is 0 Å². The number of carboxylic acids is 1. The van der Waals surface area contributed by atoms with Gasteiger partial charge in [0.1, 0.15) is 6.04 Å². The summed E-state index contributed by atoms with van der Waals surface area (Å²) >= 11 is 0. The summed E-state index contributed by atoms with van der Waals surface area (Å²) in [5, 5.41) is 11.7. The molecule has 4 heteroatoms. The molecule has 1 aliphatic carbocycles. The molecule has 1 aliphatic rings. The number of fused-ring (bicyclic) bond motifs is 1. The third kappa shape index (κ3) is 3.38. The van der Waals surface area contributed by atoms with E-state index < -0.39 is 12.0 Å². The summed E-state index contributed by atoms with van der Waals surface area (Å²) in [6.07, 6.45) is 5.62. The van der Waals surface area contributed by atoms with Crippen LogP contribution in [0.2, 0.25) is 0 Å². The summed E-state index contributed by atoms with van der Waals surface area (Å²) in [4.78, 5) is 23.2. The molecule has 0 saturated heterocycles. The fourth-order valence-corrected chi connectivity index (χ4v) is 2.66. The number of rotatable bonds is 5. The van der Waals surface area contributed by atoms with Gasteiger partial charge in [0.25, 0.3) is 5.91 Å². The predicted molar refractivity (Wildman–Crippen MR) is 76.9 cm³/mol. The van der Waals surface area contributed by atoms with Crippen LogP contribution >= 0.6 is 0 Å². The van der Waals surface area contributed by atoms with Gasteiger partial charge in [0.05, 0.1) is 0 Å². The Morgan fingerprint density at radius 2 is 1.95 bits per heavy atom. The largest absolute Gasteiger partial charge is 0.480 e. The van der Waals surface area contributed by atoms with Crippen molar-refractivity contribution in [2.45, 2.75) is 51.5 Å². The van der Waals surface area contributed by atoms with Crippen LogP contribution in [0.4, 0.5) is 0 Å². The maximum atomic E-state index is 12.1. The SMILES string of the molecule is CCCC(NC(=O)c1ccc2c(c1)CCCC2)C(=O)O. The second kappa shape index (κ2) is 6.55. The third-order valence-electron chi connectivity index (χ3n) is 3.79. The molecule has 20 heavy (non-hydrogen) atoms. The molecule has 1 unspecified atom stereocenters. The number of aryl methyl sites for hydroxylation is 2. The number of carbonyl (C=O) groups is 2. The molecule has 0 fully saturated rings. The van der Waals surface area contributed by atoms with E-state index in [-0.39, 0.29) is 5.91 Å². The molecule has 1 aromatic rings. The van der Waals surface area contributed by atoms with Gasteiger partial charge in [-0.2, -0.15) is 0 Å². The van der Waals surface area contributed by atoms with E-state index in [1.54, 1.807) is 6.07 Å². The van der Waals surface area contributed by atoms with Crippen LogP contribution in [0.25, 0.3) is 0 Å². The van der Waals surface area contributed by atoms with Crippen molar-refractivity contribution >= 4 is 11.9 Å². The Labute approximate surface area is 119 Å². The molecule has 1 atom stereocenters. The van der Waals surface area contributed by atoms with Gasteiger partial charge in [0.15, 0.2) is 0 Å². The van der Waals surface area contributed by atoms with Gasteiger partial charge in [0.2, 0.25) is 0 Å². The number of hydrogen-bond acceptors (Lipinski definition) is 2. The quantitative estimate of drug-likeness (QED) is 0.868. The number of carbonyl (C=O) groups excluding carboxylic acids is 1. The summed E-state index contributed by atoms with van der Waals surface area (Å²) in [5.41, 5.74) is 3.11. The average Bonchev–Trinajstić information content (AvgIpc) is 2.46. The van der Waals surface area contributed by atoms with E-state index in [4.69, 9.17) is 5.11 Å². The minimum atomic E-state index is -0.974. The van der Waals surface area contributed by atoms with Crippen molar-refractivity contribution in [2.24, 2.45) is 0 Å². The first-order valence-electron chi connectivity index (χ1n) is 7.27. The Kier molecular flexibility index (Phi) is 4.77. The van der Waals surface area contributed by atoms with Gasteiger partial charge < -0.3 is 10.4 Å². The van der Waals surface area contributed by atoms with Gasteiger partial charge >= 0.3 is 5.97 Å². The fourth-order valence-electron chi connectivity index (χ4n) is 2.66. The fraction of sp³-hybridized carbons (Fsp3) is 0.500. The zero-order valence-corrected chi connectivity index (χ0v) is 11.8. The number of amides is 1. The van der Waals surface area contributed by atoms with E-state index in [9.17, 15) is 9.59 Å². The number of nitrogens with one attached hydrogen (secondary N) is 1. The summed E-state index contributed by atoms with van der Waals surface area (Å²) in [5.74, 6) is -1.27. The molecule has 108 valence electrons. The summed E-state index contributed by atoms with van der Waals surface area (Å²) in [7, 11) is 0. The normalized spacial score (nSPS) is 15.2. The molecule has 0 bridgehead atoms. The van der Waals surface area contributed by atoms with Crippen LogP contribution in [0.1, 0.15) is 54.1 Å². The molecule has 1 aromatic carbocycles. The Morgan fingerprint density at radius 1 is 1.25 bits per heavy atom. The highest BCUT2D eigenvalue weighted by Gasteiger charge is 2.20. The van der Waals surface area contributed by atoms with Crippen LogP contribution in [-0.2, 0) is 17.6 Å². The van der Waals surface area contributed by atoms with Crippen molar-refractivity contribution in [1.29, 1.82) is 0 Å². The first-order chi connectivity index (χ1) is 9.61. The highest BCUT2D eigenvalue weighted by molar-refractivity contribution is 5.96. The van der Waals surface area contributed by atoms with Crippen molar-refractivity contribution in [3.8, 4) is 0 Å². The monoisotopic (exact) mass is 275 g/mol. The van der Waals surface area contributed by atoms with Gasteiger partial charge in [-0.15, -0.1) is 0 Å². The topological polar surface area (TPSA) is 66.4 Å². The third-order valence-corrected chi connectivity index (χ3v) is 3.79. The molecule has 0 spiro atoms. The van der Waals surface area contributed by atoms with Crippen molar-refractivity contribution in [3.05, 3.63) is 34.9 Å². The van der Waals surface area contributed by atoms with Crippen LogP contribution in [0.15, 0.2) is 18.2 Å². The molecule has 1 amide bonds. The molecule has 2 N–H and O–H groups in total. The molecule has 0 aliphatic heterocycles. The van der Waals surface area contributed by atoms with E-state index >= 15 is 0 Å². The lowest BCUT2D eigenvalue weighted by Gasteiger charge is -2.17. The Balaban J connectivity index is 2.10. The number of carboxylic acid groups (broad SMARTS) is 1. The minimum absolute atomic E-state index is 0.292. The molecule has 4 nitrogen and oxygen atoms in total. The lowest BCUT2D eigenvalue weighted by atomic mass is 9.90. The van der Waals surface area contributed by atoms with Crippen LogP contribution in [-0.4, -0.2) is 23.0 Å². The summed E-state index contributed by atoms with van der Waals surface area (Å²) in [6, 6.07) is 4.90. The van der Waals surface area contributed by atoms with Gasteiger partial charge in [-0.3, -0.25) is 4.79 Å². The Bertz CT molecular complexity index is 510. The van der Waals surface area contributed by atoms with Crippen LogP contribution in [0.3, 0.4) is 0 Å². The molecule has 0 saturated carbocycles. The maximum Gasteiger partial charge on any atom is 0.326 e. The molecule has 0 heterocycles. The van der Waals surface area contributed by atoms with Gasteiger partial charge in [-0.1, -0.05) is 19.4 Å². The zero-order chi connectivity index (χ0) is 14.5. The van der Waals surface area contributed by atoms with Gasteiger partial charge in [0, 0.05) is 5.56 Å². The maximum absolute atomic E-state index is 12.1. The van der Waals surface area contributed by atoms with Crippen molar-refractivity contribution in [1.82, 2.24) is 5.32 Å².